The fourth-order valence-corrected chi connectivity index (χ4v) is 2.42. The highest BCUT2D eigenvalue weighted by Crippen LogP contribution is 2.56. The number of hydrogen-bond acceptors (Lipinski definition) is 3. The van der Waals surface area contributed by atoms with E-state index < -0.39 is 6.17 Å². The van der Waals surface area contributed by atoms with Crippen molar-refractivity contribution < 1.29 is 4.39 Å². The smallest absolute Gasteiger partial charge is 0.108 e. The van der Waals surface area contributed by atoms with Gasteiger partial charge in [0, 0.05) is 5.41 Å². The van der Waals surface area contributed by atoms with Crippen molar-refractivity contribution in [1.29, 1.82) is 0 Å². The summed E-state index contributed by atoms with van der Waals surface area (Å²) in [5.74, 6) is 5.44. The van der Waals surface area contributed by atoms with Gasteiger partial charge in [0.25, 0.3) is 0 Å². The van der Waals surface area contributed by atoms with Crippen LogP contribution in [0, 0.1) is 5.41 Å². The maximum absolute atomic E-state index is 13.1. The van der Waals surface area contributed by atoms with Crippen molar-refractivity contribution in [3.8, 4) is 0 Å². The molecule has 3 atom stereocenters. The molecule has 72 valence electrons. The van der Waals surface area contributed by atoms with Crippen LogP contribution in [0.4, 0.5) is 4.39 Å². The highest BCUT2D eigenvalue weighted by atomic mass is 32.1. The van der Waals surface area contributed by atoms with E-state index in [2.05, 4.69) is 5.43 Å². The fourth-order valence-electron chi connectivity index (χ4n) is 1.73. The Morgan fingerprint density at radius 3 is 2.92 bits per heavy atom. The number of rotatable bonds is 3. The molecule has 2 rings (SSSR count). The van der Waals surface area contributed by atoms with Crippen LogP contribution in [-0.4, -0.2) is 6.17 Å². The lowest BCUT2D eigenvalue weighted by Crippen LogP contribution is -2.34. The number of halogens is 1. The molecular formula is C9H13FN2S. The van der Waals surface area contributed by atoms with E-state index in [1.807, 2.05) is 23.8 Å². The van der Waals surface area contributed by atoms with Crippen LogP contribution >= 0.6 is 11.3 Å². The Hall–Kier alpha value is -0.450. The fraction of sp³-hybridized carbons (Fsp3) is 0.556. The lowest BCUT2D eigenvalue weighted by Gasteiger charge is -2.21. The number of hydrazine groups is 1. The van der Waals surface area contributed by atoms with Crippen LogP contribution in [0.2, 0.25) is 0 Å². The lowest BCUT2D eigenvalue weighted by molar-refractivity contribution is 0.295. The molecule has 0 bridgehead atoms. The zero-order valence-corrected chi connectivity index (χ0v) is 8.27. The van der Waals surface area contributed by atoms with Crippen molar-refractivity contribution in [2.75, 3.05) is 0 Å². The molecule has 1 saturated carbocycles. The molecule has 1 aliphatic rings. The quantitative estimate of drug-likeness (QED) is 0.578. The molecule has 1 aliphatic carbocycles. The van der Waals surface area contributed by atoms with Gasteiger partial charge in [-0.25, -0.2) is 4.39 Å². The van der Waals surface area contributed by atoms with E-state index in [-0.39, 0.29) is 11.5 Å². The third-order valence-corrected chi connectivity index (χ3v) is 3.58. The van der Waals surface area contributed by atoms with Crippen molar-refractivity contribution in [2.45, 2.75) is 25.6 Å². The van der Waals surface area contributed by atoms with E-state index in [1.54, 1.807) is 11.3 Å². The second kappa shape index (κ2) is 3.04. The predicted molar refractivity (Wildman–Crippen MR) is 52.0 cm³/mol. The first-order valence-corrected chi connectivity index (χ1v) is 5.25. The van der Waals surface area contributed by atoms with E-state index in [4.69, 9.17) is 5.84 Å². The average molecular weight is 200 g/mol. The first-order valence-electron chi connectivity index (χ1n) is 4.31. The molecule has 1 fully saturated rings. The summed E-state index contributed by atoms with van der Waals surface area (Å²) in [6.07, 6.45) is -0.106. The van der Waals surface area contributed by atoms with Gasteiger partial charge in [-0.15, -0.1) is 0 Å². The number of hydrogen-bond donors (Lipinski definition) is 2. The van der Waals surface area contributed by atoms with Gasteiger partial charge in [-0.05, 0) is 28.8 Å². The SMILES string of the molecule is CC1(C(NN)c2ccsc2)CC1F. The molecule has 4 heteroatoms. The molecule has 1 aromatic heterocycles. The summed E-state index contributed by atoms with van der Waals surface area (Å²) in [6, 6.07) is 1.94. The normalized spacial score (nSPS) is 34.5. The third kappa shape index (κ3) is 1.39. The van der Waals surface area contributed by atoms with Gasteiger partial charge in [-0.3, -0.25) is 11.3 Å². The van der Waals surface area contributed by atoms with E-state index in [0.29, 0.717) is 6.42 Å². The molecule has 2 nitrogen and oxygen atoms in total. The zero-order valence-electron chi connectivity index (χ0n) is 7.46. The predicted octanol–water partition coefficient (Wildman–Crippen LogP) is 2.00. The Bertz CT molecular complexity index is 288. The largest absolute Gasteiger partial charge is 0.271 e. The monoisotopic (exact) mass is 200 g/mol. The molecule has 13 heavy (non-hydrogen) atoms. The second-order valence-electron chi connectivity index (χ2n) is 3.83. The average Bonchev–Trinajstić information content (AvgIpc) is 2.56. The number of alkyl halides is 1. The molecule has 1 heterocycles. The number of thiophene rings is 1. The summed E-state index contributed by atoms with van der Waals surface area (Å²) in [5, 5.41) is 4.00. The lowest BCUT2D eigenvalue weighted by atomic mass is 9.94. The van der Waals surface area contributed by atoms with Crippen LogP contribution in [0.5, 0.6) is 0 Å². The molecule has 0 saturated heterocycles. The van der Waals surface area contributed by atoms with Gasteiger partial charge in [0.1, 0.15) is 6.17 Å². The summed E-state index contributed by atoms with van der Waals surface area (Å²) in [7, 11) is 0. The second-order valence-corrected chi connectivity index (χ2v) is 4.61. The highest BCUT2D eigenvalue weighted by molar-refractivity contribution is 7.07. The van der Waals surface area contributed by atoms with Gasteiger partial charge in [-0.2, -0.15) is 11.3 Å². The maximum Gasteiger partial charge on any atom is 0.108 e. The van der Waals surface area contributed by atoms with E-state index >= 15 is 0 Å². The van der Waals surface area contributed by atoms with Gasteiger partial charge < -0.3 is 0 Å². The van der Waals surface area contributed by atoms with Crippen LogP contribution in [0.25, 0.3) is 0 Å². The van der Waals surface area contributed by atoms with Crippen LogP contribution in [0.1, 0.15) is 24.9 Å². The van der Waals surface area contributed by atoms with E-state index in [0.717, 1.165) is 5.56 Å². The van der Waals surface area contributed by atoms with Crippen LogP contribution < -0.4 is 11.3 Å². The maximum atomic E-state index is 13.1. The molecule has 0 spiro atoms. The molecule has 0 amide bonds. The Morgan fingerprint density at radius 1 is 1.85 bits per heavy atom. The van der Waals surface area contributed by atoms with Crippen LogP contribution in [0.3, 0.4) is 0 Å². The van der Waals surface area contributed by atoms with E-state index in [1.165, 1.54) is 0 Å². The minimum absolute atomic E-state index is 0.0475. The topological polar surface area (TPSA) is 38.0 Å². The van der Waals surface area contributed by atoms with Gasteiger partial charge >= 0.3 is 0 Å². The van der Waals surface area contributed by atoms with E-state index in [9.17, 15) is 4.39 Å². The van der Waals surface area contributed by atoms with Crippen molar-refractivity contribution in [1.82, 2.24) is 5.43 Å². The van der Waals surface area contributed by atoms with Crippen molar-refractivity contribution in [2.24, 2.45) is 11.3 Å². The van der Waals surface area contributed by atoms with Crippen molar-refractivity contribution in [3.05, 3.63) is 22.4 Å². The van der Waals surface area contributed by atoms with Crippen LogP contribution in [-0.2, 0) is 0 Å². The molecule has 1 aromatic rings. The molecule has 3 unspecified atom stereocenters. The Kier molecular flexibility index (Phi) is 2.14. The minimum atomic E-state index is -0.714. The molecule has 0 aliphatic heterocycles. The first kappa shape index (κ1) is 9.12. The summed E-state index contributed by atoms with van der Waals surface area (Å²) in [5.41, 5.74) is 3.50. The van der Waals surface area contributed by atoms with Crippen LogP contribution in [0.15, 0.2) is 16.8 Å². The van der Waals surface area contributed by atoms with Crippen molar-refractivity contribution in [3.63, 3.8) is 0 Å². The van der Waals surface area contributed by atoms with Gasteiger partial charge in [0.15, 0.2) is 0 Å². The minimum Gasteiger partial charge on any atom is -0.271 e. The van der Waals surface area contributed by atoms with Crippen molar-refractivity contribution >= 4 is 11.3 Å². The van der Waals surface area contributed by atoms with Gasteiger partial charge in [0.05, 0.1) is 6.04 Å². The summed E-state index contributed by atoms with van der Waals surface area (Å²) in [6.45, 7) is 1.93. The Labute approximate surface area is 80.9 Å². The standard InChI is InChI=1S/C9H13FN2S/c1-9(4-7(9)10)8(12-11)6-2-3-13-5-6/h2-3,5,7-8,12H,4,11H2,1H3. The zero-order chi connectivity index (χ0) is 9.47. The molecule has 3 N–H and O–H groups in total. The van der Waals surface area contributed by atoms with Gasteiger partial charge in [-0.1, -0.05) is 6.92 Å². The Balaban J connectivity index is 2.20. The molecule has 0 aromatic carbocycles. The highest BCUT2D eigenvalue weighted by Gasteiger charge is 2.56. The number of nitrogens with one attached hydrogen (secondary N) is 1. The first-order chi connectivity index (χ1) is 6.18. The third-order valence-electron chi connectivity index (χ3n) is 2.88. The molecule has 0 radical (unpaired) electrons. The molecular weight excluding hydrogens is 187 g/mol. The number of nitrogens with two attached hydrogens (primary N) is 1. The summed E-state index contributed by atoms with van der Waals surface area (Å²) >= 11 is 1.61. The summed E-state index contributed by atoms with van der Waals surface area (Å²) in [4.78, 5) is 0. The van der Waals surface area contributed by atoms with Gasteiger partial charge in [0.2, 0.25) is 0 Å². The Morgan fingerprint density at radius 2 is 2.54 bits per heavy atom. The summed E-state index contributed by atoms with van der Waals surface area (Å²) < 4.78 is 13.1.